The molecular formula is C10H9ClFN3O. The molecule has 16 heavy (non-hydrogen) atoms. The van der Waals surface area contributed by atoms with Gasteiger partial charge in [-0.25, -0.2) is 4.39 Å². The molecule has 2 aromatic rings. The van der Waals surface area contributed by atoms with Crippen molar-refractivity contribution in [3.63, 3.8) is 0 Å². The van der Waals surface area contributed by atoms with Gasteiger partial charge in [-0.05, 0) is 19.2 Å². The number of rotatable bonds is 3. The van der Waals surface area contributed by atoms with Crippen LogP contribution in [0.1, 0.15) is 5.89 Å². The van der Waals surface area contributed by atoms with E-state index in [1.54, 1.807) is 13.1 Å². The molecule has 0 unspecified atom stereocenters. The van der Waals surface area contributed by atoms with Crippen LogP contribution in [0.3, 0.4) is 0 Å². The molecule has 1 aromatic heterocycles. The first-order chi connectivity index (χ1) is 7.72. The smallest absolute Gasteiger partial charge is 0.250 e. The fraction of sp³-hybridized carbons (Fsp3) is 0.200. The van der Waals surface area contributed by atoms with Gasteiger partial charge < -0.3 is 9.73 Å². The summed E-state index contributed by atoms with van der Waals surface area (Å²) in [5.74, 6) is -0.0223. The first-order valence-corrected chi connectivity index (χ1v) is 5.01. The average molecular weight is 242 g/mol. The van der Waals surface area contributed by atoms with Crippen molar-refractivity contribution in [3.8, 4) is 11.5 Å². The number of benzene rings is 1. The van der Waals surface area contributed by atoms with E-state index in [1.807, 2.05) is 0 Å². The van der Waals surface area contributed by atoms with Crippen LogP contribution in [0.15, 0.2) is 22.6 Å². The molecule has 4 nitrogen and oxygen atoms in total. The minimum atomic E-state index is -0.552. The van der Waals surface area contributed by atoms with E-state index in [2.05, 4.69) is 15.5 Å². The Bertz CT molecular complexity index is 501. The zero-order valence-corrected chi connectivity index (χ0v) is 9.25. The fourth-order valence-corrected chi connectivity index (χ4v) is 1.43. The van der Waals surface area contributed by atoms with Crippen molar-refractivity contribution in [3.05, 3.63) is 34.9 Å². The van der Waals surface area contributed by atoms with E-state index in [0.717, 1.165) is 0 Å². The molecule has 1 heterocycles. The third kappa shape index (κ3) is 2.05. The molecule has 0 aliphatic carbocycles. The predicted molar refractivity (Wildman–Crippen MR) is 57.5 cm³/mol. The molecule has 0 aliphatic heterocycles. The third-order valence-corrected chi connectivity index (χ3v) is 2.27. The average Bonchev–Trinajstić information content (AvgIpc) is 2.71. The highest BCUT2D eigenvalue weighted by Gasteiger charge is 2.14. The van der Waals surface area contributed by atoms with Crippen LogP contribution >= 0.6 is 11.6 Å². The van der Waals surface area contributed by atoms with Crippen molar-refractivity contribution in [1.82, 2.24) is 15.5 Å². The normalized spacial score (nSPS) is 10.7. The van der Waals surface area contributed by atoms with Crippen LogP contribution in [-0.2, 0) is 6.54 Å². The highest BCUT2D eigenvalue weighted by Crippen LogP contribution is 2.26. The highest BCUT2D eigenvalue weighted by atomic mass is 35.5. The molecule has 6 heteroatoms. The van der Waals surface area contributed by atoms with Crippen LogP contribution in [0.25, 0.3) is 11.5 Å². The van der Waals surface area contributed by atoms with Crippen LogP contribution in [0, 0.1) is 5.82 Å². The molecule has 2 rings (SSSR count). The van der Waals surface area contributed by atoms with Gasteiger partial charge in [0.1, 0.15) is 0 Å². The summed E-state index contributed by atoms with van der Waals surface area (Å²) >= 11 is 5.65. The summed E-state index contributed by atoms with van der Waals surface area (Å²) in [4.78, 5) is 0. The van der Waals surface area contributed by atoms with E-state index >= 15 is 0 Å². The molecule has 0 amide bonds. The summed E-state index contributed by atoms with van der Waals surface area (Å²) in [5, 5.41) is 10.4. The molecule has 1 aromatic carbocycles. The minimum Gasteiger partial charge on any atom is -0.419 e. The summed E-state index contributed by atoms with van der Waals surface area (Å²) in [6.45, 7) is 0.440. The molecule has 0 bridgehead atoms. The molecule has 0 spiro atoms. The summed E-state index contributed by atoms with van der Waals surface area (Å²) in [6, 6.07) is 4.63. The van der Waals surface area contributed by atoms with Crippen LogP contribution in [-0.4, -0.2) is 17.2 Å². The SMILES string of the molecule is CNCc1nnc(-c2cccc(Cl)c2F)o1. The largest absolute Gasteiger partial charge is 0.419 e. The fourth-order valence-electron chi connectivity index (χ4n) is 1.25. The van der Waals surface area contributed by atoms with Crippen molar-refractivity contribution in [2.24, 2.45) is 0 Å². The van der Waals surface area contributed by atoms with Crippen LogP contribution in [0.5, 0.6) is 0 Å². The van der Waals surface area contributed by atoms with E-state index in [9.17, 15) is 4.39 Å². The lowest BCUT2D eigenvalue weighted by Gasteiger charge is -1.98. The first kappa shape index (κ1) is 11.0. The quantitative estimate of drug-likeness (QED) is 0.896. The van der Waals surface area contributed by atoms with Crippen molar-refractivity contribution in [1.29, 1.82) is 0 Å². The number of nitrogens with zero attached hydrogens (tertiary/aromatic N) is 2. The van der Waals surface area contributed by atoms with Gasteiger partial charge in [0.25, 0.3) is 5.89 Å². The first-order valence-electron chi connectivity index (χ1n) is 4.63. The summed E-state index contributed by atoms with van der Waals surface area (Å²) in [6.07, 6.45) is 0. The molecule has 1 N–H and O–H groups in total. The van der Waals surface area contributed by atoms with Gasteiger partial charge in [0.15, 0.2) is 5.82 Å². The Balaban J connectivity index is 2.39. The summed E-state index contributed by atoms with van der Waals surface area (Å²) in [5.41, 5.74) is 0.211. The maximum Gasteiger partial charge on any atom is 0.250 e. The van der Waals surface area contributed by atoms with Gasteiger partial charge in [0, 0.05) is 0 Å². The standard InChI is InChI=1S/C10H9ClFN3O/c1-13-5-8-14-15-10(16-8)6-3-2-4-7(11)9(6)12/h2-4,13H,5H2,1H3. The lowest BCUT2D eigenvalue weighted by Crippen LogP contribution is -2.04. The van der Waals surface area contributed by atoms with Crippen LogP contribution in [0.2, 0.25) is 5.02 Å². The lowest BCUT2D eigenvalue weighted by atomic mass is 10.2. The second kappa shape index (κ2) is 4.59. The molecule has 0 saturated heterocycles. The van der Waals surface area contributed by atoms with Gasteiger partial charge in [-0.15, -0.1) is 10.2 Å². The predicted octanol–water partition coefficient (Wildman–Crippen LogP) is 2.25. The number of hydrogen-bond donors (Lipinski definition) is 1. The van der Waals surface area contributed by atoms with Gasteiger partial charge >= 0.3 is 0 Å². The molecule has 0 fully saturated rings. The number of nitrogens with one attached hydrogen (secondary N) is 1. The van der Waals surface area contributed by atoms with Crippen molar-refractivity contribution in [2.75, 3.05) is 7.05 Å². The van der Waals surface area contributed by atoms with E-state index in [1.165, 1.54) is 12.1 Å². The number of hydrogen-bond acceptors (Lipinski definition) is 4. The Labute approximate surface area is 96.4 Å². The molecular weight excluding hydrogens is 233 g/mol. The second-order valence-corrected chi connectivity index (χ2v) is 3.54. The molecule has 84 valence electrons. The van der Waals surface area contributed by atoms with Crippen molar-refractivity contribution < 1.29 is 8.81 Å². The van der Waals surface area contributed by atoms with E-state index < -0.39 is 5.82 Å². The van der Waals surface area contributed by atoms with E-state index in [0.29, 0.717) is 12.4 Å². The topological polar surface area (TPSA) is 51.0 Å². The van der Waals surface area contributed by atoms with Crippen LogP contribution < -0.4 is 5.32 Å². The Morgan fingerprint density at radius 2 is 2.25 bits per heavy atom. The maximum atomic E-state index is 13.6. The summed E-state index contributed by atoms with van der Waals surface area (Å²) < 4.78 is 18.9. The highest BCUT2D eigenvalue weighted by molar-refractivity contribution is 6.31. The number of halogens is 2. The van der Waals surface area contributed by atoms with Crippen molar-refractivity contribution >= 4 is 11.6 Å². The Morgan fingerprint density at radius 1 is 1.44 bits per heavy atom. The Morgan fingerprint density at radius 3 is 3.00 bits per heavy atom. The van der Waals surface area contributed by atoms with Gasteiger partial charge in [-0.3, -0.25) is 0 Å². The molecule has 0 saturated carbocycles. The van der Waals surface area contributed by atoms with Crippen LogP contribution in [0.4, 0.5) is 4.39 Å². The monoisotopic (exact) mass is 241 g/mol. The van der Waals surface area contributed by atoms with Gasteiger partial charge in [-0.1, -0.05) is 17.7 Å². The zero-order valence-electron chi connectivity index (χ0n) is 8.50. The third-order valence-electron chi connectivity index (χ3n) is 1.98. The van der Waals surface area contributed by atoms with Crippen molar-refractivity contribution in [2.45, 2.75) is 6.54 Å². The van der Waals surface area contributed by atoms with Gasteiger partial charge in [0.05, 0.1) is 17.1 Å². The summed E-state index contributed by atoms with van der Waals surface area (Å²) in [7, 11) is 1.75. The van der Waals surface area contributed by atoms with E-state index in [-0.39, 0.29) is 16.5 Å². The van der Waals surface area contributed by atoms with E-state index in [4.69, 9.17) is 16.0 Å². The minimum absolute atomic E-state index is 0.0332. The van der Waals surface area contributed by atoms with Gasteiger partial charge in [-0.2, -0.15) is 0 Å². The molecule has 0 radical (unpaired) electrons. The number of aromatic nitrogens is 2. The Kier molecular flexibility index (Phi) is 3.17. The molecule has 0 atom stereocenters. The zero-order chi connectivity index (χ0) is 11.5. The molecule has 0 aliphatic rings. The maximum absolute atomic E-state index is 13.6. The Hall–Kier alpha value is -1.46. The lowest BCUT2D eigenvalue weighted by molar-refractivity contribution is 0.487. The second-order valence-electron chi connectivity index (χ2n) is 3.13. The van der Waals surface area contributed by atoms with Gasteiger partial charge in [0.2, 0.25) is 5.89 Å².